The number of hydrogen-bond donors (Lipinski definition) is 8. The average Bonchev–Trinajstić information content (AvgIpc) is 2.64. The average molecular weight is 475 g/mol. The van der Waals surface area contributed by atoms with E-state index in [9.17, 15) is 19.8 Å². The molecule has 0 aromatic rings. The second-order valence-corrected chi connectivity index (χ2v) is 7.24. The molecule has 0 aliphatic carbocycles. The van der Waals surface area contributed by atoms with E-state index in [1.807, 2.05) is 13.8 Å². The summed E-state index contributed by atoms with van der Waals surface area (Å²) in [6.45, 7) is 3.56. The lowest BCUT2D eigenvalue weighted by Crippen LogP contribution is -2.39. The fourth-order valence-corrected chi connectivity index (χ4v) is 2.33. The second kappa shape index (κ2) is 18.3. The van der Waals surface area contributed by atoms with E-state index in [0.717, 1.165) is 12.8 Å². The third-order valence-corrected chi connectivity index (χ3v) is 4.43. The molecule has 30 heavy (non-hydrogen) atoms. The number of aliphatic hydroxyl groups excluding tert-OH is 4. The Labute approximate surface area is 186 Å². The smallest absolute Gasteiger partial charge is 0.306 e. The van der Waals surface area contributed by atoms with Crippen LogP contribution >= 0.6 is 24.4 Å². The lowest BCUT2D eigenvalue weighted by Gasteiger charge is -2.23. The van der Waals surface area contributed by atoms with Crippen LogP contribution in [0.25, 0.3) is 0 Å². The van der Waals surface area contributed by atoms with Crippen molar-refractivity contribution in [2.45, 2.75) is 76.4 Å². The zero-order valence-electron chi connectivity index (χ0n) is 17.3. The Bertz CT molecular complexity index is 483. The number of aliphatic carboxylic acids is 2. The Balaban J connectivity index is -0.000000412. The van der Waals surface area contributed by atoms with Gasteiger partial charge in [-0.3, -0.25) is 9.59 Å². The summed E-state index contributed by atoms with van der Waals surface area (Å²) >= 11 is 8.81. The molecule has 0 fully saturated rings. The molecule has 0 spiro atoms. The standard InChI is InChI=1S/2C8H14O4S.C2H6O2/c2*1-2-3-4-8(12,7(11)13)5-6(9)10;3-1-2-4/h2*12H,2-5H2,1H3,(H,9,10)(H,11,13);3-4H,1-2H2. The molecule has 0 saturated carbocycles. The highest BCUT2D eigenvalue weighted by atomic mass is 32.1. The number of carbonyl (C=O) groups is 2. The molecule has 0 bridgehead atoms. The van der Waals surface area contributed by atoms with Gasteiger partial charge in [0, 0.05) is 0 Å². The molecule has 2 atom stereocenters. The van der Waals surface area contributed by atoms with Crippen molar-refractivity contribution in [1.29, 1.82) is 0 Å². The molecular formula is C18H34O10S2. The third-order valence-electron chi connectivity index (χ3n) is 3.67. The number of unbranched alkanes of at least 4 members (excludes halogenated alkanes) is 2. The summed E-state index contributed by atoms with van der Waals surface area (Å²) in [5, 5.41) is 68.1. The van der Waals surface area contributed by atoms with Gasteiger partial charge in [-0.25, -0.2) is 0 Å². The lowest BCUT2D eigenvalue weighted by atomic mass is 9.94. The molecule has 0 radical (unpaired) electrons. The summed E-state index contributed by atoms with van der Waals surface area (Å²) in [6.07, 6.45) is 2.17. The minimum atomic E-state index is -1.74. The van der Waals surface area contributed by atoms with Crippen LogP contribution in [0.15, 0.2) is 0 Å². The molecule has 178 valence electrons. The van der Waals surface area contributed by atoms with Crippen LogP contribution in [0.5, 0.6) is 0 Å². The van der Waals surface area contributed by atoms with Crippen LogP contribution in [0.3, 0.4) is 0 Å². The number of aliphatic hydroxyl groups is 6. The number of thiocarbonyl (C=S) groups is 2. The first kappa shape index (κ1) is 33.2. The van der Waals surface area contributed by atoms with Crippen molar-refractivity contribution in [3.63, 3.8) is 0 Å². The van der Waals surface area contributed by atoms with Gasteiger partial charge in [-0.05, 0) is 37.3 Å². The summed E-state index contributed by atoms with van der Waals surface area (Å²) in [5.41, 5.74) is -3.48. The molecule has 0 saturated heterocycles. The van der Waals surface area contributed by atoms with Crippen LogP contribution in [-0.2, 0) is 9.59 Å². The Morgan fingerprint density at radius 3 is 1.10 bits per heavy atom. The van der Waals surface area contributed by atoms with Crippen LogP contribution < -0.4 is 0 Å². The van der Waals surface area contributed by atoms with Crippen molar-refractivity contribution < 1.29 is 50.4 Å². The van der Waals surface area contributed by atoms with E-state index in [0.29, 0.717) is 12.8 Å². The van der Waals surface area contributed by atoms with Gasteiger partial charge in [-0.2, -0.15) is 0 Å². The molecule has 0 aromatic heterocycles. The van der Waals surface area contributed by atoms with Crippen LogP contribution in [0.4, 0.5) is 0 Å². The van der Waals surface area contributed by atoms with Crippen LogP contribution in [0.2, 0.25) is 0 Å². The van der Waals surface area contributed by atoms with Crippen molar-refractivity contribution in [1.82, 2.24) is 0 Å². The zero-order valence-corrected chi connectivity index (χ0v) is 18.9. The Hall–Kier alpha value is -1.44. The molecule has 0 amide bonds. The summed E-state index contributed by atoms with van der Waals surface area (Å²) in [6, 6.07) is 0. The van der Waals surface area contributed by atoms with E-state index in [4.69, 9.17) is 30.6 Å². The van der Waals surface area contributed by atoms with Crippen LogP contribution in [0.1, 0.15) is 65.2 Å². The molecule has 8 N–H and O–H groups in total. The molecule has 0 heterocycles. The van der Waals surface area contributed by atoms with Crippen molar-refractivity contribution in [3.05, 3.63) is 0 Å². The molecule has 2 unspecified atom stereocenters. The molecule has 0 aromatic carbocycles. The van der Waals surface area contributed by atoms with E-state index in [1.54, 1.807) is 0 Å². The van der Waals surface area contributed by atoms with Gasteiger partial charge in [0.2, 0.25) is 0 Å². The van der Waals surface area contributed by atoms with E-state index in [1.165, 1.54) is 0 Å². The molecule has 0 aliphatic heterocycles. The highest BCUT2D eigenvalue weighted by Gasteiger charge is 2.35. The zero-order chi connectivity index (χ0) is 24.4. The number of hydrogen-bond acceptors (Lipinski definition) is 8. The van der Waals surface area contributed by atoms with Gasteiger partial charge in [0.05, 0.1) is 26.1 Å². The molecule has 12 heteroatoms. The number of carboxylic acid groups (broad SMARTS) is 2. The lowest BCUT2D eigenvalue weighted by molar-refractivity contribution is -0.142. The molecule has 0 aliphatic rings. The van der Waals surface area contributed by atoms with Crippen molar-refractivity contribution in [2.75, 3.05) is 13.2 Å². The third kappa shape index (κ3) is 17.4. The maximum absolute atomic E-state index is 10.4. The molecule has 0 rings (SSSR count). The van der Waals surface area contributed by atoms with Crippen molar-refractivity contribution >= 4 is 46.5 Å². The largest absolute Gasteiger partial charge is 0.500 e. The maximum Gasteiger partial charge on any atom is 0.306 e. The van der Waals surface area contributed by atoms with Crippen molar-refractivity contribution in [3.8, 4) is 0 Å². The SMILES string of the molecule is CCCCC(O)(CC(=O)O)C(O)=S.CCCCC(O)(CC(=O)O)C(O)=S.OCCO. The van der Waals surface area contributed by atoms with E-state index >= 15 is 0 Å². The van der Waals surface area contributed by atoms with Gasteiger partial charge < -0.3 is 40.9 Å². The monoisotopic (exact) mass is 474 g/mol. The van der Waals surface area contributed by atoms with E-state index in [2.05, 4.69) is 24.4 Å². The molecular weight excluding hydrogens is 440 g/mol. The molecule has 10 nitrogen and oxygen atoms in total. The van der Waals surface area contributed by atoms with Gasteiger partial charge in [0.1, 0.15) is 11.2 Å². The highest BCUT2D eigenvalue weighted by molar-refractivity contribution is 7.80. The first-order valence-corrected chi connectivity index (χ1v) is 10.1. The minimum Gasteiger partial charge on any atom is -0.500 e. The van der Waals surface area contributed by atoms with E-state index in [-0.39, 0.29) is 26.1 Å². The Morgan fingerprint density at radius 2 is 0.967 bits per heavy atom. The predicted molar refractivity (Wildman–Crippen MR) is 118 cm³/mol. The van der Waals surface area contributed by atoms with Gasteiger partial charge in [0.25, 0.3) is 0 Å². The quantitative estimate of drug-likeness (QED) is 0.179. The van der Waals surface area contributed by atoms with Crippen molar-refractivity contribution in [2.24, 2.45) is 0 Å². The second-order valence-electron chi connectivity index (χ2n) is 6.47. The first-order valence-electron chi connectivity index (χ1n) is 9.33. The van der Waals surface area contributed by atoms with Crippen LogP contribution in [-0.4, -0.2) is 87.3 Å². The maximum atomic E-state index is 10.4. The number of rotatable bonds is 13. The Kier molecular flexibility index (Phi) is 20.3. The number of carboxylic acids is 2. The summed E-state index contributed by atoms with van der Waals surface area (Å²) in [4.78, 5) is 20.7. The fourth-order valence-electron chi connectivity index (χ4n) is 1.98. The predicted octanol–water partition coefficient (Wildman–Crippen LogP) is 1.51. The highest BCUT2D eigenvalue weighted by Crippen LogP contribution is 2.21. The summed E-state index contributed by atoms with van der Waals surface area (Å²) in [5.74, 6) is -2.34. The fraction of sp³-hybridized carbons (Fsp3) is 0.778. The van der Waals surface area contributed by atoms with Gasteiger partial charge in [-0.15, -0.1) is 0 Å². The first-order chi connectivity index (χ1) is 13.8. The normalized spacial score (nSPS) is 13.9. The van der Waals surface area contributed by atoms with Gasteiger partial charge >= 0.3 is 11.9 Å². The van der Waals surface area contributed by atoms with E-state index < -0.39 is 46.1 Å². The van der Waals surface area contributed by atoms with Crippen LogP contribution in [0, 0.1) is 0 Å². The summed E-state index contributed by atoms with van der Waals surface area (Å²) in [7, 11) is 0. The Morgan fingerprint density at radius 1 is 0.700 bits per heavy atom. The van der Waals surface area contributed by atoms with Gasteiger partial charge in [0.15, 0.2) is 10.1 Å². The summed E-state index contributed by atoms with van der Waals surface area (Å²) < 4.78 is 0. The topological polar surface area (TPSA) is 196 Å². The van der Waals surface area contributed by atoms with Gasteiger partial charge in [-0.1, -0.05) is 39.5 Å². The minimum absolute atomic E-state index is 0.125.